The highest BCUT2D eigenvalue weighted by molar-refractivity contribution is 9.10. The van der Waals surface area contributed by atoms with Crippen molar-refractivity contribution in [2.24, 2.45) is 5.41 Å². The molecule has 2 nitrogen and oxygen atoms in total. The molecule has 2 N–H and O–H groups in total. The maximum Gasteiger partial charge on any atom is 0.0512 e. The van der Waals surface area contributed by atoms with Crippen LogP contribution in [0.4, 0.5) is 0 Å². The molecule has 0 spiro atoms. The standard InChI is InChI=1S/C12H17BrO2/c1-2-12(8-14,9-15)7-10-4-3-5-11(13)6-10/h3-6,14-15H,2,7-9H2,1H3. The fraction of sp³-hybridized carbons (Fsp3) is 0.500. The van der Waals surface area contributed by atoms with Crippen LogP contribution in [0.1, 0.15) is 18.9 Å². The second-order valence-corrected chi connectivity index (χ2v) is 4.89. The molecule has 0 fully saturated rings. The van der Waals surface area contributed by atoms with Crippen LogP contribution in [-0.4, -0.2) is 23.4 Å². The first-order valence-electron chi connectivity index (χ1n) is 5.12. The highest BCUT2D eigenvalue weighted by Crippen LogP contribution is 2.27. The highest BCUT2D eigenvalue weighted by Gasteiger charge is 2.26. The lowest BCUT2D eigenvalue weighted by molar-refractivity contribution is 0.0514. The lowest BCUT2D eigenvalue weighted by Gasteiger charge is -2.28. The van der Waals surface area contributed by atoms with E-state index in [1.54, 1.807) is 0 Å². The van der Waals surface area contributed by atoms with Crippen LogP contribution in [0.3, 0.4) is 0 Å². The van der Waals surface area contributed by atoms with E-state index in [9.17, 15) is 10.2 Å². The molecule has 0 aromatic heterocycles. The largest absolute Gasteiger partial charge is 0.396 e. The number of hydrogen-bond donors (Lipinski definition) is 2. The number of rotatable bonds is 5. The molecule has 0 bridgehead atoms. The molecule has 1 aromatic carbocycles. The number of aliphatic hydroxyl groups is 2. The van der Waals surface area contributed by atoms with Gasteiger partial charge in [0.1, 0.15) is 0 Å². The van der Waals surface area contributed by atoms with Gasteiger partial charge in [-0.15, -0.1) is 0 Å². The Hall–Kier alpha value is -0.380. The van der Waals surface area contributed by atoms with E-state index in [1.165, 1.54) is 0 Å². The topological polar surface area (TPSA) is 40.5 Å². The summed E-state index contributed by atoms with van der Waals surface area (Å²) < 4.78 is 1.03. The van der Waals surface area contributed by atoms with Gasteiger partial charge in [-0.25, -0.2) is 0 Å². The molecule has 0 atom stereocenters. The van der Waals surface area contributed by atoms with Gasteiger partial charge in [0.15, 0.2) is 0 Å². The minimum absolute atomic E-state index is 0.0204. The first-order valence-corrected chi connectivity index (χ1v) is 5.91. The Labute approximate surface area is 99.1 Å². The molecule has 0 unspecified atom stereocenters. The van der Waals surface area contributed by atoms with E-state index < -0.39 is 0 Å². The normalized spacial score (nSPS) is 11.7. The van der Waals surface area contributed by atoms with E-state index in [0.29, 0.717) is 6.42 Å². The lowest BCUT2D eigenvalue weighted by Crippen LogP contribution is -2.31. The number of benzene rings is 1. The fourth-order valence-corrected chi connectivity index (χ4v) is 2.04. The maximum absolute atomic E-state index is 9.34. The zero-order chi connectivity index (χ0) is 11.3. The molecular weight excluding hydrogens is 256 g/mol. The third-order valence-electron chi connectivity index (χ3n) is 2.89. The van der Waals surface area contributed by atoms with Crippen LogP contribution in [-0.2, 0) is 6.42 Å². The van der Waals surface area contributed by atoms with E-state index in [2.05, 4.69) is 15.9 Å². The second kappa shape index (κ2) is 5.64. The quantitative estimate of drug-likeness (QED) is 0.864. The summed E-state index contributed by atoms with van der Waals surface area (Å²) in [5.74, 6) is 0. The summed E-state index contributed by atoms with van der Waals surface area (Å²) in [4.78, 5) is 0. The number of halogens is 1. The summed E-state index contributed by atoms with van der Waals surface area (Å²) >= 11 is 3.41. The van der Waals surface area contributed by atoms with Crippen LogP contribution < -0.4 is 0 Å². The van der Waals surface area contributed by atoms with E-state index in [-0.39, 0.29) is 18.6 Å². The first-order chi connectivity index (χ1) is 7.15. The van der Waals surface area contributed by atoms with E-state index in [0.717, 1.165) is 16.5 Å². The van der Waals surface area contributed by atoms with Crippen LogP contribution >= 0.6 is 15.9 Å². The van der Waals surface area contributed by atoms with Crippen LogP contribution in [0, 0.1) is 5.41 Å². The van der Waals surface area contributed by atoms with Gasteiger partial charge in [0, 0.05) is 9.89 Å². The summed E-state index contributed by atoms with van der Waals surface area (Å²) in [6, 6.07) is 7.97. The van der Waals surface area contributed by atoms with E-state index >= 15 is 0 Å². The molecule has 0 amide bonds. The van der Waals surface area contributed by atoms with Crippen LogP contribution in [0.5, 0.6) is 0 Å². The van der Waals surface area contributed by atoms with Gasteiger partial charge < -0.3 is 10.2 Å². The second-order valence-electron chi connectivity index (χ2n) is 3.98. The molecular formula is C12H17BrO2. The molecule has 0 heterocycles. The van der Waals surface area contributed by atoms with Gasteiger partial charge in [-0.1, -0.05) is 35.0 Å². The molecule has 0 aliphatic rings. The summed E-state index contributed by atoms with van der Waals surface area (Å²) in [6.07, 6.45) is 1.47. The van der Waals surface area contributed by atoms with Crippen LogP contribution in [0.15, 0.2) is 28.7 Å². The molecule has 0 saturated carbocycles. The van der Waals surface area contributed by atoms with Crippen molar-refractivity contribution in [3.8, 4) is 0 Å². The molecule has 15 heavy (non-hydrogen) atoms. The highest BCUT2D eigenvalue weighted by atomic mass is 79.9. The summed E-state index contributed by atoms with van der Waals surface area (Å²) in [5.41, 5.74) is 0.746. The molecule has 1 aromatic rings. The van der Waals surface area contributed by atoms with E-state index in [1.807, 2.05) is 31.2 Å². The number of aliphatic hydroxyl groups excluding tert-OH is 2. The minimum atomic E-state index is -0.388. The Morgan fingerprint density at radius 1 is 1.27 bits per heavy atom. The SMILES string of the molecule is CCC(CO)(CO)Cc1cccc(Br)c1. The lowest BCUT2D eigenvalue weighted by atomic mass is 9.81. The maximum atomic E-state index is 9.34. The van der Waals surface area contributed by atoms with Gasteiger partial charge in [-0.3, -0.25) is 0 Å². The fourth-order valence-electron chi connectivity index (χ4n) is 1.59. The summed E-state index contributed by atoms with van der Waals surface area (Å²) in [6.45, 7) is 2.03. The van der Waals surface area contributed by atoms with Gasteiger partial charge in [-0.05, 0) is 30.5 Å². The van der Waals surface area contributed by atoms with Crippen LogP contribution in [0.25, 0.3) is 0 Å². The summed E-state index contributed by atoms with van der Waals surface area (Å²) in [7, 11) is 0. The molecule has 1 rings (SSSR count). The summed E-state index contributed by atoms with van der Waals surface area (Å²) in [5, 5.41) is 18.7. The molecule has 0 aliphatic heterocycles. The zero-order valence-electron chi connectivity index (χ0n) is 8.91. The predicted molar refractivity (Wildman–Crippen MR) is 64.7 cm³/mol. The Balaban J connectivity index is 2.82. The van der Waals surface area contributed by atoms with Crippen molar-refractivity contribution in [1.82, 2.24) is 0 Å². The van der Waals surface area contributed by atoms with Crippen molar-refractivity contribution in [3.05, 3.63) is 34.3 Å². The Morgan fingerprint density at radius 2 is 1.93 bits per heavy atom. The van der Waals surface area contributed by atoms with Gasteiger partial charge in [0.25, 0.3) is 0 Å². The zero-order valence-corrected chi connectivity index (χ0v) is 10.5. The van der Waals surface area contributed by atoms with Crippen molar-refractivity contribution in [3.63, 3.8) is 0 Å². The monoisotopic (exact) mass is 272 g/mol. The van der Waals surface area contributed by atoms with Gasteiger partial charge in [0.05, 0.1) is 13.2 Å². The average molecular weight is 273 g/mol. The molecule has 3 heteroatoms. The average Bonchev–Trinajstić information content (AvgIpc) is 2.26. The van der Waals surface area contributed by atoms with Gasteiger partial charge in [0.2, 0.25) is 0 Å². The Morgan fingerprint density at radius 3 is 2.40 bits per heavy atom. The Bertz CT molecular complexity index is 300. The van der Waals surface area contributed by atoms with Crippen molar-refractivity contribution >= 4 is 15.9 Å². The van der Waals surface area contributed by atoms with Gasteiger partial charge in [-0.2, -0.15) is 0 Å². The van der Waals surface area contributed by atoms with Crippen LogP contribution in [0.2, 0.25) is 0 Å². The molecule has 0 saturated heterocycles. The minimum Gasteiger partial charge on any atom is -0.396 e. The number of hydrogen-bond acceptors (Lipinski definition) is 2. The van der Waals surface area contributed by atoms with Crippen molar-refractivity contribution < 1.29 is 10.2 Å². The molecule has 84 valence electrons. The third kappa shape index (κ3) is 3.30. The smallest absolute Gasteiger partial charge is 0.0512 e. The van der Waals surface area contributed by atoms with Crippen molar-refractivity contribution in [2.75, 3.05) is 13.2 Å². The molecule has 0 radical (unpaired) electrons. The van der Waals surface area contributed by atoms with Crippen molar-refractivity contribution in [2.45, 2.75) is 19.8 Å². The third-order valence-corrected chi connectivity index (χ3v) is 3.38. The van der Waals surface area contributed by atoms with Gasteiger partial charge >= 0.3 is 0 Å². The predicted octanol–water partition coefficient (Wildman–Crippen LogP) is 2.37. The molecule has 0 aliphatic carbocycles. The van der Waals surface area contributed by atoms with Crippen molar-refractivity contribution in [1.29, 1.82) is 0 Å². The Kier molecular flexibility index (Phi) is 4.77. The first kappa shape index (κ1) is 12.7. The van der Waals surface area contributed by atoms with E-state index in [4.69, 9.17) is 0 Å².